The largest absolute Gasteiger partial charge is 0.468 e. The standard InChI is InChI=1S/C19H18BrClN2O/c1-11(2)19-23-17(15-9-14(21)7-8-18(15)24-19)10-16(22-23)12-3-5-13(20)6-4-12/h3-9,11,17,19H,10H2,1-2H3. The molecule has 3 nitrogen and oxygen atoms in total. The predicted octanol–water partition coefficient (Wildman–Crippen LogP) is 5.63. The van der Waals surface area contributed by atoms with E-state index in [4.69, 9.17) is 21.4 Å². The van der Waals surface area contributed by atoms with Crippen molar-refractivity contribution in [2.75, 3.05) is 0 Å². The van der Waals surface area contributed by atoms with Gasteiger partial charge >= 0.3 is 0 Å². The number of fused-ring (bicyclic) bond motifs is 3. The molecule has 0 N–H and O–H groups in total. The molecule has 2 aromatic rings. The minimum atomic E-state index is -0.0587. The third-order valence-corrected chi connectivity index (χ3v) is 5.29. The van der Waals surface area contributed by atoms with Crippen molar-refractivity contribution in [2.24, 2.45) is 11.0 Å². The Balaban J connectivity index is 1.75. The molecule has 2 atom stereocenters. The van der Waals surface area contributed by atoms with Crippen LogP contribution in [0.25, 0.3) is 0 Å². The summed E-state index contributed by atoms with van der Waals surface area (Å²) in [5, 5.41) is 7.75. The van der Waals surface area contributed by atoms with Gasteiger partial charge in [-0.3, -0.25) is 0 Å². The maximum Gasteiger partial charge on any atom is 0.190 e. The number of hydrogen-bond donors (Lipinski definition) is 0. The molecule has 2 aliphatic heterocycles. The van der Waals surface area contributed by atoms with Gasteiger partial charge in [0.15, 0.2) is 6.23 Å². The number of halogens is 2. The van der Waals surface area contributed by atoms with Crippen LogP contribution in [-0.4, -0.2) is 16.9 Å². The number of hydrazone groups is 1. The van der Waals surface area contributed by atoms with Crippen molar-refractivity contribution < 1.29 is 4.74 Å². The Bertz CT molecular complexity index is 804. The molecule has 0 aliphatic carbocycles. The minimum Gasteiger partial charge on any atom is -0.468 e. The summed E-state index contributed by atoms with van der Waals surface area (Å²) in [6.45, 7) is 4.32. The van der Waals surface area contributed by atoms with E-state index >= 15 is 0 Å². The lowest BCUT2D eigenvalue weighted by atomic mass is 9.95. The minimum absolute atomic E-state index is 0.0587. The molecular formula is C19H18BrClN2O. The third kappa shape index (κ3) is 2.72. The molecule has 0 bridgehead atoms. The van der Waals surface area contributed by atoms with Crippen LogP contribution in [0.4, 0.5) is 0 Å². The van der Waals surface area contributed by atoms with E-state index in [1.165, 1.54) is 0 Å². The average Bonchev–Trinajstić information content (AvgIpc) is 3.00. The van der Waals surface area contributed by atoms with E-state index in [0.29, 0.717) is 5.92 Å². The van der Waals surface area contributed by atoms with E-state index in [1.54, 1.807) is 0 Å². The Morgan fingerprint density at radius 3 is 2.67 bits per heavy atom. The van der Waals surface area contributed by atoms with Crippen LogP contribution in [-0.2, 0) is 0 Å². The van der Waals surface area contributed by atoms with Gasteiger partial charge in [-0.1, -0.05) is 53.5 Å². The fourth-order valence-corrected chi connectivity index (χ4v) is 3.79. The first kappa shape index (κ1) is 16.0. The topological polar surface area (TPSA) is 24.8 Å². The van der Waals surface area contributed by atoms with Crippen LogP contribution in [0.3, 0.4) is 0 Å². The summed E-state index contributed by atoms with van der Waals surface area (Å²) in [5.41, 5.74) is 3.36. The molecule has 0 saturated heterocycles. The molecule has 124 valence electrons. The van der Waals surface area contributed by atoms with E-state index in [9.17, 15) is 0 Å². The average molecular weight is 406 g/mol. The first-order valence-electron chi connectivity index (χ1n) is 8.11. The zero-order valence-electron chi connectivity index (χ0n) is 13.5. The summed E-state index contributed by atoms with van der Waals surface area (Å²) in [6.07, 6.45) is 0.804. The molecule has 0 aromatic heterocycles. The second-order valence-corrected chi connectivity index (χ2v) is 7.94. The summed E-state index contributed by atoms with van der Waals surface area (Å²) in [4.78, 5) is 0. The van der Waals surface area contributed by atoms with Gasteiger partial charge in [0.25, 0.3) is 0 Å². The summed E-state index contributed by atoms with van der Waals surface area (Å²) < 4.78 is 7.29. The molecule has 0 spiro atoms. The van der Waals surface area contributed by atoms with Crippen LogP contribution in [0, 0.1) is 5.92 Å². The van der Waals surface area contributed by atoms with Gasteiger partial charge in [0.1, 0.15) is 5.75 Å². The molecule has 2 aromatic carbocycles. The highest BCUT2D eigenvalue weighted by Gasteiger charge is 2.41. The second-order valence-electron chi connectivity index (χ2n) is 6.59. The molecule has 2 aliphatic rings. The van der Waals surface area contributed by atoms with Gasteiger partial charge in [-0.2, -0.15) is 5.10 Å². The zero-order chi connectivity index (χ0) is 16.8. The molecule has 2 unspecified atom stereocenters. The van der Waals surface area contributed by atoms with Gasteiger partial charge in [-0.15, -0.1) is 0 Å². The highest BCUT2D eigenvalue weighted by molar-refractivity contribution is 9.10. The molecule has 4 rings (SSSR count). The molecule has 2 heterocycles. The van der Waals surface area contributed by atoms with Crippen molar-refractivity contribution in [2.45, 2.75) is 32.5 Å². The third-order valence-electron chi connectivity index (χ3n) is 4.53. The number of rotatable bonds is 2. The predicted molar refractivity (Wildman–Crippen MR) is 101 cm³/mol. The van der Waals surface area contributed by atoms with Crippen molar-refractivity contribution in [3.05, 3.63) is 63.1 Å². The highest BCUT2D eigenvalue weighted by atomic mass is 79.9. The Hall–Kier alpha value is -1.52. The number of hydrogen-bond acceptors (Lipinski definition) is 3. The van der Waals surface area contributed by atoms with E-state index in [-0.39, 0.29) is 12.3 Å². The first-order chi connectivity index (χ1) is 11.5. The summed E-state index contributed by atoms with van der Waals surface area (Å²) in [6, 6.07) is 14.4. The first-order valence-corrected chi connectivity index (χ1v) is 9.28. The maximum absolute atomic E-state index is 6.22. The highest BCUT2D eigenvalue weighted by Crippen LogP contribution is 2.45. The molecule has 24 heavy (non-hydrogen) atoms. The fourth-order valence-electron chi connectivity index (χ4n) is 3.34. The van der Waals surface area contributed by atoms with Crippen LogP contribution < -0.4 is 4.74 Å². The van der Waals surface area contributed by atoms with Crippen molar-refractivity contribution in [3.8, 4) is 5.75 Å². The van der Waals surface area contributed by atoms with Crippen LogP contribution >= 0.6 is 27.5 Å². The van der Waals surface area contributed by atoms with Crippen LogP contribution in [0.5, 0.6) is 5.75 Å². The Labute approximate surface area is 155 Å². The Morgan fingerprint density at radius 2 is 1.96 bits per heavy atom. The monoisotopic (exact) mass is 404 g/mol. The molecule has 0 saturated carbocycles. The Morgan fingerprint density at radius 1 is 1.21 bits per heavy atom. The summed E-state index contributed by atoms with van der Waals surface area (Å²) in [7, 11) is 0. The van der Waals surface area contributed by atoms with Gasteiger partial charge in [0.05, 0.1) is 11.8 Å². The smallest absolute Gasteiger partial charge is 0.190 e. The van der Waals surface area contributed by atoms with Gasteiger partial charge < -0.3 is 4.74 Å². The van der Waals surface area contributed by atoms with Crippen LogP contribution in [0.15, 0.2) is 52.0 Å². The lowest BCUT2D eigenvalue weighted by molar-refractivity contribution is -0.0461. The van der Waals surface area contributed by atoms with E-state index in [0.717, 1.165) is 38.5 Å². The number of benzene rings is 2. The lowest BCUT2D eigenvalue weighted by Crippen LogP contribution is -2.43. The van der Waals surface area contributed by atoms with Crippen molar-refractivity contribution in [3.63, 3.8) is 0 Å². The molecule has 0 radical (unpaired) electrons. The summed E-state index contributed by atoms with van der Waals surface area (Å²) in [5.74, 6) is 1.26. The molecule has 5 heteroatoms. The number of ether oxygens (including phenoxy) is 1. The van der Waals surface area contributed by atoms with Gasteiger partial charge in [-0.25, -0.2) is 5.01 Å². The van der Waals surface area contributed by atoms with Crippen molar-refractivity contribution >= 4 is 33.2 Å². The summed E-state index contributed by atoms with van der Waals surface area (Å²) >= 11 is 9.71. The van der Waals surface area contributed by atoms with E-state index < -0.39 is 0 Å². The lowest BCUT2D eigenvalue weighted by Gasteiger charge is -2.40. The van der Waals surface area contributed by atoms with Crippen LogP contribution in [0.1, 0.15) is 37.4 Å². The quantitative estimate of drug-likeness (QED) is 0.647. The van der Waals surface area contributed by atoms with E-state index in [2.05, 4.69) is 59.1 Å². The fraction of sp³-hybridized carbons (Fsp3) is 0.316. The van der Waals surface area contributed by atoms with Crippen molar-refractivity contribution in [1.29, 1.82) is 0 Å². The molecule has 0 amide bonds. The normalized spacial score (nSPS) is 22.0. The van der Waals surface area contributed by atoms with Gasteiger partial charge in [-0.05, 0) is 35.9 Å². The zero-order valence-corrected chi connectivity index (χ0v) is 15.9. The maximum atomic E-state index is 6.22. The SMILES string of the molecule is CC(C)C1Oc2ccc(Cl)cc2C2CC(c3ccc(Br)cc3)=NN21. The molecular weight excluding hydrogens is 388 g/mol. The van der Waals surface area contributed by atoms with Gasteiger partial charge in [0.2, 0.25) is 0 Å². The Kier molecular flexibility index (Phi) is 4.05. The van der Waals surface area contributed by atoms with Crippen molar-refractivity contribution in [1.82, 2.24) is 5.01 Å². The van der Waals surface area contributed by atoms with Crippen LogP contribution in [0.2, 0.25) is 5.02 Å². The van der Waals surface area contributed by atoms with E-state index in [1.807, 2.05) is 18.2 Å². The number of nitrogens with zero attached hydrogens (tertiary/aromatic N) is 2. The second kappa shape index (κ2) is 6.08. The van der Waals surface area contributed by atoms with Gasteiger partial charge in [0, 0.05) is 27.4 Å². The molecule has 0 fully saturated rings.